The number of hydrogen-bond acceptors (Lipinski definition) is 1. The zero-order valence-electron chi connectivity index (χ0n) is 12.6. The van der Waals surface area contributed by atoms with Crippen molar-refractivity contribution in [1.29, 1.82) is 0 Å². The van der Waals surface area contributed by atoms with E-state index in [9.17, 15) is 0 Å². The van der Waals surface area contributed by atoms with Gasteiger partial charge >= 0.3 is 0 Å². The van der Waals surface area contributed by atoms with Crippen molar-refractivity contribution in [2.24, 2.45) is 17.8 Å². The van der Waals surface area contributed by atoms with Gasteiger partial charge in [0.1, 0.15) is 0 Å². The summed E-state index contributed by atoms with van der Waals surface area (Å²) in [6, 6.07) is 9.93. The minimum atomic E-state index is 0.749. The number of rotatable bonds is 4. The van der Waals surface area contributed by atoms with Gasteiger partial charge in [0.25, 0.3) is 0 Å². The molecule has 0 bridgehead atoms. The Morgan fingerprint density at radius 3 is 2.75 bits per heavy atom. The molecule has 1 heteroatoms. The van der Waals surface area contributed by atoms with Gasteiger partial charge in [-0.3, -0.25) is 0 Å². The van der Waals surface area contributed by atoms with Crippen molar-refractivity contribution < 1.29 is 0 Å². The number of benzene rings is 1. The van der Waals surface area contributed by atoms with Gasteiger partial charge in [-0.1, -0.05) is 24.3 Å². The Morgan fingerprint density at radius 2 is 1.95 bits per heavy atom. The highest BCUT2D eigenvalue weighted by molar-refractivity contribution is 5.32. The molecule has 4 rings (SSSR count). The summed E-state index contributed by atoms with van der Waals surface area (Å²) in [5.41, 5.74) is 3.27. The minimum absolute atomic E-state index is 0.749. The second kappa shape index (κ2) is 5.18. The average molecular weight is 269 g/mol. The fourth-order valence-corrected chi connectivity index (χ4v) is 5.04. The van der Waals surface area contributed by atoms with E-state index in [2.05, 4.69) is 36.6 Å². The molecule has 3 aliphatic carbocycles. The molecule has 108 valence electrons. The third kappa shape index (κ3) is 2.30. The normalized spacial score (nSPS) is 36.2. The summed E-state index contributed by atoms with van der Waals surface area (Å²) in [6.07, 6.45) is 9.99. The van der Waals surface area contributed by atoms with Gasteiger partial charge in [-0.05, 0) is 86.8 Å². The molecule has 0 heterocycles. The zero-order valence-corrected chi connectivity index (χ0v) is 12.6. The maximum Gasteiger partial charge on any atom is 0.00983 e. The van der Waals surface area contributed by atoms with Crippen LogP contribution in [0.1, 0.15) is 55.6 Å². The Hall–Kier alpha value is -0.820. The molecule has 2 saturated carbocycles. The van der Waals surface area contributed by atoms with E-state index in [1.54, 1.807) is 17.5 Å². The highest BCUT2D eigenvalue weighted by Crippen LogP contribution is 2.55. The van der Waals surface area contributed by atoms with Gasteiger partial charge in [-0.25, -0.2) is 0 Å². The minimum Gasteiger partial charge on any atom is -0.317 e. The Balaban J connectivity index is 1.47. The average Bonchev–Trinajstić information content (AvgIpc) is 3.11. The van der Waals surface area contributed by atoms with Crippen molar-refractivity contribution in [3.05, 3.63) is 35.4 Å². The lowest BCUT2D eigenvalue weighted by molar-refractivity contribution is 0.307. The van der Waals surface area contributed by atoms with Crippen molar-refractivity contribution in [2.45, 2.75) is 56.9 Å². The van der Waals surface area contributed by atoms with Crippen LogP contribution in [0.5, 0.6) is 0 Å². The van der Waals surface area contributed by atoms with Crippen LogP contribution in [0.3, 0.4) is 0 Å². The zero-order chi connectivity index (χ0) is 13.5. The maximum absolute atomic E-state index is 3.66. The molecule has 1 aromatic rings. The molecule has 0 radical (unpaired) electrons. The predicted molar refractivity (Wildman–Crippen MR) is 83.9 cm³/mol. The van der Waals surface area contributed by atoms with E-state index >= 15 is 0 Å². The summed E-state index contributed by atoms with van der Waals surface area (Å²) in [6.45, 7) is 0. The lowest BCUT2D eigenvalue weighted by Crippen LogP contribution is -2.35. The smallest absolute Gasteiger partial charge is 0.00983 e. The summed E-state index contributed by atoms with van der Waals surface area (Å²) in [7, 11) is 2.18. The first kappa shape index (κ1) is 12.9. The lowest BCUT2D eigenvalue weighted by atomic mass is 9.77. The van der Waals surface area contributed by atoms with E-state index in [-0.39, 0.29) is 0 Å². The second-order valence-corrected chi connectivity index (χ2v) is 7.41. The molecule has 0 spiro atoms. The molecule has 3 aliphatic rings. The molecule has 0 aromatic heterocycles. The fourth-order valence-electron chi connectivity index (χ4n) is 5.04. The van der Waals surface area contributed by atoms with E-state index in [1.165, 1.54) is 38.5 Å². The van der Waals surface area contributed by atoms with Gasteiger partial charge < -0.3 is 5.32 Å². The topological polar surface area (TPSA) is 12.0 Å². The molecular weight excluding hydrogens is 242 g/mol. The molecule has 4 unspecified atom stereocenters. The van der Waals surface area contributed by atoms with Crippen LogP contribution in [0.4, 0.5) is 0 Å². The van der Waals surface area contributed by atoms with Crippen LogP contribution in [0, 0.1) is 17.8 Å². The first-order chi connectivity index (χ1) is 9.85. The SMILES string of the molecule is CNC(CC1CCCc2ccccc21)C1CC2CC2C1. The van der Waals surface area contributed by atoms with Crippen LogP contribution >= 0.6 is 0 Å². The maximum atomic E-state index is 3.66. The van der Waals surface area contributed by atoms with Crippen molar-refractivity contribution in [3.8, 4) is 0 Å². The lowest BCUT2D eigenvalue weighted by Gasteiger charge is -2.32. The van der Waals surface area contributed by atoms with E-state index in [4.69, 9.17) is 0 Å². The summed E-state index contributed by atoms with van der Waals surface area (Å²) < 4.78 is 0. The fraction of sp³-hybridized carbons (Fsp3) is 0.684. The largest absolute Gasteiger partial charge is 0.317 e. The standard InChI is InChI=1S/C19H27N/c1-20-19(17-10-15-9-16(15)11-17)12-14-7-4-6-13-5-2-3-8-18(13)14/h2-3,5,8,14-17,19-20H,4,6-7,9-12H2,1H3. The molecule has 0 saturated heterocycles. The quantitative estimate of drug-likeness (QED) is 0.866. The third-order valence-corrected chi connectivity index (χ3v) is 6.25. The van der Waals surface area contributed by atoms with Crippen LogP contribution in [0.15, 0.2) is 24.3 Å². The van der Waals surface area contributed by atoms with Crippen molar-refractivity contribution in [2.75, 3.05) is 7.05 Å². The predicted octanol–water partition coefficient (Wildman–Crippen LogP) is 4.13. The Labute approximate surface area is 123 Å². The molecule has 0 amide bonds. The first-order valence-electron chi connectivity index (χ1n) is 8.60. The monoisotopic (exact) mass is 269 g/mol. The molecule has 4 atom stereocenters. The number of nitrogens with one attached hydrogen (secondary N) is 1. The number of aryl methyl sites for hydroxylation is 1. The molecule has 1 nitrogen and oxygen atoms in total. The van der Waals surface area contributed by atoms with Crippen molar-refractivity contribution in [3.63, 3.8) is 0 Å². The number of fused-ring (bicyclic) bond motifs is 2. The van der Waals surface area contributed by atoms with Gasteiger partial charge in [0, 0.05) is 6.04 Å². The van der Waals surface area contributed by atoms with Gasteiger partial charge in [0.2, 0.25) is 0 Å². The summed E-state index contributed by atoms with van der Waals surface area (Å²) in [4.78, 5) is 0. The van der Waals surface area contributed by atoms with Crippen LogP contribution in [-0.2, 0) is 6.42 Å². The van der Waals surface area contributed by atoms with Crippen LogP contribution in [-0.4, -0.2) is 13.1 Å². The third-order valence-electron chi connectivity index (χ3n) is 6.25. The van der Waals surface area contributed by atoms with Crippen molar-refractivity contribution in [1.82, 2.24) is 5.32 Å². The Kier molecular flexibility index (Phi) is 3.34. The first-order valence-corrected chi connectivity index (χ1v) is 8.60. The van der Waals surface area contributed by atoms with Gasteiger partial charge in [-0.2, -0.15) is 0 Å². The summed E-state index contributed by atoms with van der Waals surface area (Å²) >= 11 is 0. The van der Waals surface area contributed by atoms with E-state index in [1.807, 2.05) is 0 Å². The van der Waals surface area contributed by atoms with Gasteiger partial charge in [-0.15, -0.1) is 0 Å². The van der Waals surface area contributed by atoms with Crippen LogP contribution in [0.2, 0.25) is 0 Å². The van der Waals surface area contributed by atoms with Crippen molar-refractivity contribution >= 4 is 0 Å². The highest BCUT2D eigenvalue weighted by atomic mass is 14.9. The number of hydrogen-bond donors (Lipinski definition) is 1. The van der Waals surface area contributed by atoms with E-state index in [0.717, 1.165) is 29.7 Å². The molecule has 1 N–H and O–H groups in total. The highest BCUT2D eigenvalue weighted by Gasteiger charge is 2.47. The van der Waals surface area contributed by atoms with Crippen LogP contribution < -0.4 is 5.32 Å². The summed E-state index contributed by atoms with van der Waals surface area (Å²) in [5.74, 6) is 3.97. The summed E-state index contributed by atoms with van der Waals surface area (Å²) in [5, 5.41) is 3.66. The molecular formula is C19H27N. The molecule has 1 aromatic carbocycles. The van der Waals surface area contributed by atoms with E-state index in [0.29, 0.717) is 0 Å². The molecule has 0 aliphatic heterocycles. The van der Waals surface area contributed by atoms with E-state index < -0.39 is 0 Å². The molecule has 20 heavy (non-hydrogen) atoms. The Bertz CT molecular complexity index is 470. The van der Waals surface area contributed by atoms with Crippen LogP contribution in [0.25, 0.3) is 0 Å². The van der Waals surface area contributed by atoms with Gasteiger partial charge in [0.15, 0.2) is 0 Å². The van der Waals surface area contributed by atoms with Gasteiger partial charge in [0.05, 0.1) is 0 Å². The molecule has 2 fully saturated rings. The Morgan fingerprint density at radius 1 is 1.15 bits per heavy atom. The second-order valence-electron chi connectivity index (χ2n) is 7.41.